The van der Waals surface area contributed by atoms with E-state index in [1.54, 1.807) is 0 Å². The van der Waals surface area contributed by atoms with Gasteiger partial charge < -0.3 is 9.84 Å². The van der Waals surface area contributed by atoms with Gasteiger partial charge in [0.2, 0.25) is 0 Å². The van der Waals surface area contributed by atoms with Gasteiger partial charge in [-0.3, -0.25) is 0 Å². The van der Waals surface area contributed by atoms with E-state index in [9.17, 15) is 5.11 Å². The first kappa shape index (κ1) is 15.0. The van der Waals surface area contributed by atoms with Crippen LogP contribution >= 0.6 is 0 Å². The van der Waals surface area contributed by atoms with Crippen molar-refractivity contribution in [3.63, 3.8) is 0 Å². The molecule has 0 spiro atoms. The highest BCUT2D eigenvalue weighted by Gasteiger charge is 2.36. The maximum Gasteiger partial charge on any atom is 0.119 e. The van der Waals surface area contributed by atoms with E-state index in [4.69, 9.17) is 4.74 Å². The molecule has 0 aromatic heterocycles. The molecule has 0 saturated heterocycles. The number of ether oxygens (including phenoxy) is 1. The Morgan fingerprint density at radius 1 is 0.889 bits per heavy atom. The van der Waals surface area contributed by atoms with Crippen molar-refractivity contribution in [2.75, 3.05) is 0 Å². The van der Waals surface area contributed by atoms with Crippen molar-refractivity contribution in [3.8, 4) is 5.75 Å². The summed E-state index contributed by atoms with van der Waals surface area (Å²) in [5.41, 5.74) is 0.180. The molecule has 1 rings (SSSR count). The molecule has 2 heteroatoms. The maximum absolute atomic E-state index is 10.9. The summed E-state index contributed by atoms with van der Waals surface area (Å²) in [7, 11) is 0. The van der Waals surface area contributed by atoms with Crippen LogP contribution in [0.3, 0.4) is 0 Å². The van der Waals surface area contributed by atoms with Crippen molar-refractivity contribution in [3.05, 3.63) is 29.8 Å². The second-order valence-corrected chi connectivity index (χ2v) is 5.83. The topological polar surface area (TPSA) is 29.5 Å². The molecule has 1 aromatic carbocycles. The van der Waals surface area contributed by atoms with Crippen molar-refractivity contribution in [1.29, 1.82) is 0 Å². The molecule has 18 heavy (non-hydrogen) atoms. The van der Waals surface area contributed by atoms with Crippen molar-refractivity contribution < 1.29 is 9.84 Å². The molecule has 1 N–H and O–H groups in total. The molecular weight excluding hydrogens is 224 g/mol. The van der Waals surface area contributed by atoms with Gasteiger partial charge >= 0.3 is 0 Å². The summed E-state index contributed by atoms with van der Waals surface area (Å²) in [5.74, 6) is 1.20. The van der Waals surface area contributed by atoms with Crippen molar-refractivity contribution >= 4 is 0 Å². The fraction of sp³-hybridized carbons (Fsp3) is 0.625. The highest BCUT2D eigenvalue weighted by molar-refractivity contribution is 5.31. The molecule has 0 saturated carbocycles. The first-order chi connectivity index (χ1) is 8.28. The van der Waals surface area contributed by atoms with Gasteiger partial charge in [-0.15, -0.1) is 0 Å². The van der Waals surface area contributed by atoms with E-state index in [0.717, 1.165) is 11.3 Å². The van der Waals surface area contributed by atoms with Crippen LogP contribution in [-0.4, -0.2) is 11.2 Å². The lowest BCUT2D eigenvalue weighted by Gasteiger charge is -2.36. The molecule has 0 aliphatic heterocycles. The Morgan fingerprint density at radius 3 is 1.67 bits per heavy atom. The van der Waals surface area contributed by atoms with Gasteiger partial charge in [-0.1, -0.05) is 39.8 Å². The van der Waals surface area contributed by atoms with E-state index in [1.165, 1.54) is 0 Å². The third kappa shape index (κ3) is 3.05. The predicted molar refractivity (Wildman–Crippen MR) is 75.8 cm³/mol. The zero-order valence-corrected chi connectivity index (χ0v) is 12.4. The van der Waals surface area contributed by atoms with Gasteiger partial charge in [-0.2, -0.15) is 0 Å². The number of hydrogen-bond donors (Lipinski definition) is 1. The summed E-state index contributed by atoms with van der Waals surface area (Å²) in [6, 6.07) is 7.81. The largest absolute Gasteiger partial charge is 0.491 e. The first-order valence-corrected chi connectivity index (χ1v) is 6.78. The third-order valence-electron chi connectivity index (χ3n) is 3.45. The molecule has 1 aromatic rings. The predicted octanol–water partition coefficient (Wildman–Crippen LogP) is 3.97. The van der Waals surface area contributed by atoms with Crippen molar-refractivity contribution in [2.45, 2.75) is 53.2 Å². The van der Waals surface area contributed by atoms with Crippen LogP contribution < -0.4 is 4.74 Å². The highest BCUT2D eigenvalue weighted by atomic mass is 16.5. The van der Waals surface area contributed by atoms with Gasteiger partial charge in [0.05, 0.1) is 11.7 Å². The Balaban J connectivity index is 3.02. The summed E-state index contributed by atoms with van der Waals surface area (Å²) in [5, 5.41) is 10.9. The molecule has 0 unspecified atom stereocenters. The minimum atomic E-state index is -0.781. The average Bonchev–Trinajstić information content (AvgIpc) is 2.27. The summed E-state index contributed by atoms with van der Waals surface area (Å²) >= 11 is 0. The lowest BCUT2D eigenvalue weighted by atomic mass is 9.75. The quantitative estimate of drug-likeness (QED) is 0.856. The molecular formula is C16H26O2. The van der Waals surface area contributed by atoms with Gasteiger partial charge in [0.1, 0.15) is 5.75 Å². The molecule has 0 atom stereocenters. The highest BCUT2D eigenvalue weighted by Crippen LogP contribution is 2.37. The molecule has 0 bridgehead atoms. The smallest absolute Gasteiger partial charge is 0.119 e. The van der Waals surface area contributed by atoms with Crippen molar-refractivity contribution in [1.82, 2.24) is 0 Å². The lowest BCUT2D eigenvalue weighted by molar-refractivity contribution is -0.0531. The Hall–Kier alpha value is -1.02. The van der Waals surface area contributed by atoms with Gasteiger partial charge in [0.25, 0.3) is 0 Å². The Kier molecular flexibility index (Phi) is 4.80. The normalized spacial score (nSPS) is 12.6. The molecule has 0 amide bonds. The summed E-state index contributed by atoms with van der Waals surface area (Å²) in [4.78, 5) is 0. The lowest BCUT2D eigenvalue weighted by Crippen LogP contribution is -2.37. The van der Waals surface area contributed by atoms with Crippen LogP contribution in [0.1, 0.15) is 47.1 Å². The maximum atomic E-state index is 10.9. The molecule has 0 aliphatic carbocycles. The second-order valence-electron chi connectivity index (χ2n) is 5.83. The Labute approximate surface area is 111 Å². The third-order valence-corrected chi connectivity index (χ3v) is 3.45. The van der Waals surface area contributed by atoms with Crippen LogP contribution in [0, 0.1) is 11.8 Å². The van der Waals surface area contributed by atoms with E-state index in [0.29, 0.717) is 0 Å². The van der Waals surface area contributed by atoms with E-state index >= 15 is 0 Å². The number of hydrogen-bond acceptors (Lipinski definition) is 2. The number of aliphatic hydroxyl groups is 1. The van der Waals surface area contributed by atoms with Gasteiger partial charge in [0.15, 0.2) is 0 Å². The molecule has 0 radical (unpaired) electrons. The minimum Gasteiger partial charge on any atom is -0.491 e. The average molecular weight is 250 g/mol. The van der Waals surface area contributed by atoms with Crippen LogP contribution in [0.15, 0.2) is 24.3 Å². The molecule has 0 fully saturated rings. The fourth-order valence-corrected chi connectivity index (χ4v) is 2.41. The minimum absolute atomic E-state index is 0.171. The SMILES string of the molecule is CC(C)Oc1ccc(C(O)(C(C)C)C(C)C)cc1. The molecule has 0 aliphatic rings. The van der Waals surface area contributed by atoms with Gasteiger partial charge in [-0.05, 0) is 43.4 Å². The summed E-state index contributed by atoms with van der Waals surface area (Å²) < 4.78 is 5.62. The van der Waals surface area contributed by atoms with Crippen molar-refractivity contribution in [2.24, 2.45) is 11.8 Å². The monoisotopic (exact) mass is 250 g/mol. The standard InChI is InChI=1S/C16H26O2/c1-11(2)16(17,12(3)4)14-7-9-15(10-8-14)18-13(5)6/h7-13,17H,1-6H3. The summed E-state index contributed by atoms with van der Waals surface area (Å²) in [6.07, 6.45) is 0.171. The van der Waals surface area contributed by atoms with Crippen LogP contribution in [0.5, 0.6) is 5.75 Å². The van der Waals surface area contributed by atoms with E-state index in [1.807, 2.05) is 38.1 Å². The zero-order valence-electron chi connectivity index (χ0n) is 12.4. The zero-order chi connectivity index (χ0) is 13.9. The van der Waals surface area contributed by atoms with Crippen LogP contribution in [0.4, 0.5) is 0 Å². The second kappa shape index (κ2) is 5.75. The molecule has 2 nitrogen and oxygen atoms in total. The van der Waals surface area contributed by atoms with Crippen LogP contribution in [-0.2, 0) is 5.60 Å². The number of rotatable bonds is 5. The van der Waals surface area contributed by atoms with E-state index in [2.05, 4.69) is 27.7 Å². The van der Waals surface area contributed by atoms with Crippen LogP contribution in [0.2, 0.25) is 0 Å². The Morgan fingerprint density at radius 2 is 1.33 bits per heavy atom. The Bertz CT molecular complexity index is 355. The molecule has 102 valence electrons. The van der Waals surface area contributed by atoms with Gasteiger partial charge in [0, 0.05) is 0 Å². The van der Waals surface area contributed by atoms with Crippen LogP contribution in [0.25, 0.3) is 0 Å². The summed E-state index contributed by atoms with van der Waals surface area (Å²) in [6.45, 7) is 12.2. The van der Waals surface area contributed by atoms with Gasteiger partial charge in [-0.25, -0.2) is 0 Å². The van der Waals surface area contributed by atoms with E-state index in [-0.39, 0.29) is 17.9 Å². The fourth-order valence-electron chi connectivity index (χ4n) is 2.41. The van der Waals surface area contributed by atoms with E-state index < -0.39 is 5.60 Å². The first-order valence-electron chi connectivity index (χ1n) is 6.78. The number of benzene rings is 1. The molecule has 0 heterocycles.